The zero-order chi connectivity index (χ0) is 21.1. The van der Waals surface area contributed by atoms with E-state index in [9.17, 15) is 14.4 Å². The maximum atomic E-state index is 12.8. The van der Waals surface area contributed by atoms with Gasteiger partial charge >= 0.3 is 5.97 Å². The number of carbonyl (C=O) groups excluding carboxylic acids is 3. The van der Waals surface area contributed by atoms with Crippen molar-refractivity contribution < 1.29 is 24.0 Å². The molecule has 6 nitrogen and oxygen atoms in total. The SMILES string of the molecule is CCOC(=O)c1c(NC(=O)c2ccc(C(C)=O)cc2)sc2c1CC[NH+](C(C)C)C2. The molecule has 1 aliphatic heterocycles. The molecular weight excluding hydrogens is 388 g/mol. The van der Waals surface area contributed by atoms with Crippen LogP contribution in [0.2, 0.25) is 0 Å². The highest BCUT2D eigenvalue weighted by Gasteiger charge is 2.32. The molecule has 2 heterocycles. The number of ketones is 1. The van der Waals surface area contributed by atoms with Gasteiger partial charge in [0.2, 0.25) is 0 Å². The molecule has 0 spiro atoms. The molecule has 1 aromatic carbocycles. The average Bonchev–Trinajstić information content (AvgIpc) is 3.05. The quantitative estimate of drug-likeness (QED) is 0.562. The van der Waals surface area contributed by atoms with E-state index >= 15 is 0 Å². The minimum Gasteiger partial charge on any atom is -0.462 e. The second kappa shape index (κ2) is 8.88. The van der Waals surface area contributed by atoms with Crippen LogP contribution in [0.5, 0.6) is 0 Å². The van der Waals surface area contributed by atoms with Gasteiger partial charge in [-0.1, -0.05) is 12.1 Å². The summed E-state index contributed by atoms with van der Waals surface area (Å²) in [6, 6.07) is 7.00. The van der Waals surface area contributed by atoms with Gasteiger partial charge < -0.3 is 15.0 Å². The van der Waals surface area contributed by atoms with Crippen molar-refractivity contribution in [2.45, 2.75) is 46.7 Å². The number of esters is 1. The molecule has 29 heavy (non-hydrogen) atoms. The molecule has 3 rings (SSSR count). The molecule has 1 aromatic heterocycles. The van der Waals surface area contributed by atoms with Crippen molar-refractivity contribution in [2.24, 2.45) is 0 Å². The summed E-state index contributed by atoms with van der Waals surface area (Å²) in [6.07, 6.45) is 0.788. The summed E-state index contributed by atoms with van der Waals surface area (Å²) in [5, 5.41) is 3.44. The smallest absolute Gasteiger partial charge is 0.341 e. The number of Topliss-reactive ketones (excluding diaryl/α,β-unsaturated/α-hetero) is 1. The van der Waals surface area contributed by atoms with E-state index in [1.807, 2.05) is 0 Å². The van der Waals surface area contributed by atoms with Crippen LogP contribution >= 0.6 is 11.3 Å². The third-order valence-corrected chi connectivity index (χ3v) is 6.40. The predicted octanol–water partition coefficient (Wildman–Crippen LogP) is 2.73. The summed E-state index contributed by atoms with van der Waals surface area (Å²) in [7, 11) is 0. The monoisotopic (exact) mass is 415 g/mol. The van der Waals surface area contributed by atoms with Gasteiger partial charge in [0.05, 0.1) is 29.6 Å². The second-order valence-corrected chi connectivity index (χ2v) is 8.61. The van der Waals surface area contributed by atoms with Crippen LogP contribution in [0.4, 0.5) is 5.00 Å². The lowest BCUT2D eigenvalue weighted by Crippen LogP contribution is -3.14. The summed E-state index contributed by atoms with van der Waals surface area (Å²) in [5.74, 6) is -0.748. The van der Waals surface area contributed by atoms with Crippen molar-refractivity contribution in [2.75, 3.05) is 18.5 Å². The third kappa shape index (κ3) is 4.57. The van der Waals surface area contributed by atoms with Crippen LogP contribution < -0.4 is 10.2 Å². The average molecular weight is 416 g/mol. The molecule has 1 amide bonds. The van der Waals surface area contributed by atoms with Crippen LogP contribution in [0, 0.1) is 0 Å². The van der Waals surface area contributed by atoms with Gasteiger partial charge in [-0.3, -0.25) is 9.59 Å². The van der Waals surface area contributed by atoms with Gasteiger partial charge in [-0.05, 0) is 45.4 Å². The molecule has 0 saturated carbocycles. The van der Waals surface area contributed by atoms with Crippen LogP contribution in [0.3, 0.4) is 0 Å². The normalized spacial score (nSPS) is 15.7. The number of benzene rings is 1. The molecule has 1 atom stereocenters. The van der Waals surface area contributed by atoms with Crippen LogP contribution in [0.1, 0.15) is 69.2 Å². The molecule has 1 aliphatic rings. The lowest BCUT2D eigenvalue weighted by Gasteiger charge is -2.27. The highest BCUT2D eigenvalue weighted by molar-refractivity contribution is 7.17. The topological polar surface area (TPSA) is 76.9 Å². The van der Waals surface area contributed by atoms with Crippen LogP contribution in [0.15, 0.2) is 24.3 Å². The van der Waals surface area contributed by atoms with Gasteiger partial charge in [0.1, 0.15) is 11.5 Å². The second-order valence-electron chi connectivity index (χ2n) is 7.51. The number of anilines is 1. The van der Waals surface area contributed by atoms with Crippen molar-refractivity contribution in [3.63, 3.8) is 0 Å². The molecule has 0 fully saturated rings. The van der Waals surface area contributed by atoms with Crippen molar-refractivity contribution in [3.05, 3.63) is 51.4 Å². The minimum atomic E-state index is -0.389. The van der Waals surface area contributed by atoms with E-state index in [1.54, 1.807) is 31.2 Å². The Hall–Kier alpha value is -2.51. The molecule has 0 radical (unpaired) electrons. The number of hydrogen-bond acceptors (Lipinski definition) is 5. The van der Waals surface area contributed by atoms with E-state index in [0.29, 0.717) is 27.7 Å². The molecule has 0 saturated heterocycles. The van der Waals surface area contributed by atoms with Crippen LogP contribution in [0.25, 0.3) is 0 Å². The molecule has 7 heteroatoms. The molecule has 0 aliphatic carbocycles. The Kier molecular flexibility index (Phi) is 6.49. The number of ether oxygens (including phenoxy) is 1. The molecule has 1 unspecified atom stereocenters. The van der Waals surface area contributed by atoms with E-state index in [2.05, 4.69) is 19.2 Å². The van der Waals surface area contributed by atoms with Crippen LogP contribution in [-0.2, 0) is 17.7 Å². The first kappa shape index (κ1) is 21.2. The molecule has 2 aromatic rings. The highest BCUT2D eigenvalue weighted by atomic mass is 32.1. The summed E-state index contributed by atoms with van der Waals surface area (Å²) in [6.45, 7) is 9.71. The first-order valence-corrected chi connectivity index (χ1v) is 10.7. The third-order valence-electron chi connectivity index (χ3n) is 5.25. The summed E-state index contributed by atoms with van der Waals surface area (Å²) >= 11 is 1.46. The van der Waals surface area contributed by atoms with Gasteiger partial charge in [0, 0.05) is 17.5 Å². The van der Waals surface area contributed by atoms with Crippen LogP contribution in [-0.4, -0.2) is 36.9 Å². The fourth-order valence-electron chi connectivity index (χ4n) is 3.53. The zero-order valence-electron chi connectivity index (χ0n) is 17.3. The largest absolute Gasteiger partial charge is 0.462 e. The fraction of sp³-hybridized carbons (Fsp3) is 0.409. The van der Waals surface area contributed by atoms with E-state index < -0.39 is 0 Å². The first-order chi connectivity index (χ1) is 13.8. The Morgan fingerprint density at radius 3 is 2.41 bits per heavy atom. The number of thiophene rings is 1. The highest BCUT2D eigenvalue weighted by Crippen LogP contribution is 2.35. The first-order valence-electron chi connectivity index (χ1n) is 9.90. The Morgan fingerprint density at radius 2 is 1.83 bits per heavy atom. The number of amides is 1. The Labute approximate surface area is 174 Å². The molecule has 154 valence electrons. The van der Waals surface area contributed by atoms with Crippen molar-refractivity contribution in [1.29, 1.82) is 0 Å². The Balaban J connectivity index is 1.90. The maximum absolute atomic E-state index is 12.8. The minimum absolute atomic E-state index is 0.0512. The van der Waals surface area contributed by atoms with E-state index in [0.717, 1.165) is 30.0 Å². The molecular formula is C22H27N2O4S+. The van der Waals surface area contributed by atoms with Crippen molar-refractivity contribution in [1.82, 2.24) is 0 Å². The lowest BCUT2D eigenvalue weighted by molar-refractivity contribution is -0.936. The lowest BCUT2D eigenvalue weighted by atomic mass is 10.0. The predicted molar refractivity (Wildman–Crippen MR) is 113 cm³/mol. The van der Waals surface area contributed by atoms with Gasteiger partial charge in [0.25, 0.3) is 5.91 Å². The number of rotatable bonds is 6. The number of fused-ring (bicyclic) bond motifs is 1. The molecule has 0 bridgehead atoms. The number of quaternary nitrogens is 1. The summed E-state index contributed by atoms with van der Waals surface area (Å²) in [5.41, 5.74) is 2.48. The zero-order valence-corrected chi connectivity index (χ0v) is 18.1. The standard InChI is InChI=1S/C22H26N2O4S/c1-5-28-22(27)19-17-10-11-24(13(2)3)12-18(17)29-21(19)23-20(26)16-8-6-15(7-9-16)14(4)25/h6-9,13H,5,10-12H2,1-4H3,(H,23,26)/p+1. The maximum Gasteiger partial charge on any atom is 0.341 e. The Morgan fingerprint density at radius 1 is 1.17 bits per heavy atom. The van der Waals surface area contributed by atoms with Gasteiger partial charge in [-0.25, -0.2) is 4.79 Å². The van der Waals surface area contributed by atoms with E-state index in [4.69, 9.17) is 4.74 Å². The Bertz CT molecular complexity index is 931. The fourth-order valence-corrected chi connectivity index (χ4v) is 4.81. The van der Waals surface area contributed by atoms with Crippen molar-refractivity contribution in [3.8, 4) is 0 Å². The number of nitrogens with one attached hydrogen (secondary N) is 2. The van der Waals surface area contributed by atoms with E-state index in [1.165, 1.54) is 23.2 Å². The summed E-state index contributed by atoms with van der Waals surface area (Å²) < 4.78 is 5.27. The molecule has 2 N–H and O–H groups in total. The van der Waals surface area contributed by atoms with Gasteiger partial charge in [-0.2, -0.15) is 0 Å². The summed E-state index contributed by atoms with van der Waals surface area (Å²) in [4.78, 5) is 39.4. The number of hydrogen-bond donors (Lipinski definition) is 2. The van der Waals surface area contributed by atoms with Gasteiger partial charge in [-0.15, -0.1) is 11.3 Å². The number of carbonyl (C=O) groups is 3. The van der Waals surface area contributed by atoms with Crippen molar-refractivity contribution >= 4 is 34.0 Å². The van der Waals surface area contributed by atoms with E-state index in [-0.39, 0.29) is 24.3 Å². The van der Waals surface area contributed by atoms with Gasteiger partial charge in [0.15, 0.2) is 5.78 Å².